The number of nitrogens with zero attached hydrogens (tertiary/aromatic N) is 1. The van der Waals surface area contributed by atoms with Crippen molar-refractivity contribution in [2.24, 2.45) is 5.92 Å². The highest BCUT2D eigenvalue weighted by molar-refractivity contribution is 6.00. The molecule has 0 bridgehead atoms. The van der Waals surface area contributed by atoms with Crippen LogP contribution in [0.5, 0.6) is 0 Å². The third-order valence-corrected chi connectivity index (χ3v) is 4.12. The lowest BCUT2D eigenvalue weighted by Gasteiger charge is -2.17. The number of amides is 2. The zero-order chi connectivity index (χ0) is 17.8. The summed E-state index contributed by atoms with van der Waals surface area (Å²) in [6.07, 6.45) is 0.259. The van der Waals surface area contributed by atoms with Crippen LogP contribution < -0.4 is 10.2 Å². The van der Waals surface area contributed by atoms with Crippen molar-refractivity contribution < 1.29 is 19.5 Å². The van der Waals surface area contributed by atoms with E-state index in [2.05, 4.69) is 5.32 Å². The second-order valence-electron chi connectivity index (χ2n) is 6.00. The highest BCUT2D eigenvalue weighted by Gasteiger charge is 2.35. The Morgan fingerprint density at radius 2 is 1.88 bits per heavy atom. The molecule has 128 valence electrons. The standard InChI is InChI=1S/C19H18N2O4/c22-17(9-13-5-2-1-3-6-13)20-15-7-4-8-16(11-15)21-12-14(19(24)25)10-18(21)23/h1-8,11,14H,9-10,12H2,(H,20,22)(H,24,25)/t14-/m0/s1. The van der Waals surface area contributed by atoms with Gasteiger partial charge in [0, 0.05) is 24.3 Å². The van der Waals surface area contributed by atoms with Crippen LogP contribution in [-0.2, 0) is 20.8 Å². The molecule has 0 aliphatic carbocycles. The minimum absolute atomic E-state index is 0.0000722. The molecule has 6 heteroatoms. The third-order valence-electron chi connectivity index (χ3n) is 4.12. The molecular weight excluding hydrogens is 320 g/mol. The van der Waals surface area contributed by atoms with Gasteiger partial charge >= 0.3 is 5.97 Å². The Bertz CT molecular complexity index is 804. The van der Waals surface area contributed by atoms with Crippen LogP contribution in [0.25, 0.3) is 0 Å². The van der Waals surface area contributed by atoms with Gasteiger partial charge in [0.15, 0.2) is 0 Å². The summed E-state index contributed by atoms with van der Waals surface area (Å²) >= 11 is 0. The van der Waals surface area contributed by atoms with Gasteiger partial charge in [-0.1, -0.05) is 36.4 Å². The van der Waals surface area contributed by atoms with Crippen molar-refractivity contribution in [1.29, 1.82) is 0 Å². The molecule has 3 rings (SSSR count). The van der Waals surface area contributed by atoms with Gasteiger partial charge in [0.2, 0.25) is 11.8 Å². The van der Waals surface area contributed by atoms with Gasteiger partial charge in [0.05, 0.1) is 12.3 Å². The van der Waals surface area contributed by atoms with Gasteiger partial charge in [-0.15, -0.1) is 0 Å². The molecule has 0 radical (unpaired) electrons. The van der Waals surface area contributed by atoms with Gasteiger partial charge < -0.3 is 15.3 Å². The Kier molecular flexibility index (Phi) is 4.79. The van der Waals surface area contributed by atoms with E-state index in [1.165, 1.54) is 4.90 Å². The molecule has 2 aromatic rings. The number of carbonyl (C=O) groups is 3. The SMILES string of the molecule is O=C(Cc1ccccc1)Nc1cccc(N2C[C@@H](C(=O)O)CC2=O)c1. The first kappa shape index (κ1) is 16.7. The number of rotatable bonds is 5. The second kappa shape index (κ2) is 7.17. The van der Waals surface area contributed by atoms with E-state index in [-0.39, 0.29) is 31.2 Å². The number of carboxylic acid groups (broad SMARTS) is 1. The van der Waals surface area contributed by atoms with Crippen molar-refractivity contribution in [3.8, 4) is 0 Å². The van der Waals surface area contributed by atoms with Crippen molar-refractivity contribution in [3.05, 3.63) is 60.2 Å². The van der Waals surface area contributed by atoms with E-state index < -0.39 is 11.9 Å². The summed E-state index contributed by atoms with van der Waals surface area (Å²) in [6, 6.07) is 16.3. The number of nitrogens with one attached hydrogen (secondary N) is 1. The van der Waals surface area contributed by atoms with Crippen LogP contribution in [0, 0.1) is 5.92 Å². The van der Waals surface area contributed by atoms with E-state index in [0.717, 1.165) is 5.56 Å². The second-order valence-corrected chi connectivity index (χ2v) is 6.00. The summed E-state index contributed by atoms with van der Waals surface area (Å²) in [6.45, 7) is 0.148. The lowest BCUT2D eigenvalue weighted by Crippen LogP contribution is -2.26. The van der Waals surface area contributed by atoms with Gasteiger partial charge in [-0.05, 0) is 23.8 Å². The van der Waals surface area contributed by atoms with E-state index in [1.54, 1.807) is 24.3 Å². The zero-order valence-electron chi connectivity index (χ0n) is 13.5. The molecule has 6 nitrogen and oxygen atoms in total. The molecule has 1 fully saturated rings. The molecule has 1 heterocycles. The Labute approximate surface area is 145 Å². The fourth-order valence-corrected chi connectivity index (χ4v) is 2.86. The van der Waals surface area contributed by atoms with Crippen molar-refractivity contribution in [3.63, 3.8) is 0 Å². The zero-order valence-corrected chi connectivity index (χ0v) is 13.5. The Hall–Kier alpha value is -3.15. The van der Waals surface area contributed by atoms with E-state index in [9.17, 15) is 14.4 Å². The molecule has 2 aromatic carbocycles. The molecular formula is C19H18N2O4. The van der Waals surface area contributed by atoms with E-state index >= 15 is 0 Å². The number of carbonyl (C=O) groups excluding carboxylic acids is 2. The summed E-state index contributed by atoms with van der Waals surface area (Å²) in [5.74, 6) is -2.04. The summed E-state index contributed by atoms with van der Waals surface area (Å²) in [4.78, 5) is 36.7. The van der Waals surface area contributed by atoms with E-state index in [0.29, 0.717) is 11.4 Å². The van der Waals surface area contributed by atoms with Gasteiger partial charge in [-0.25, -0.2) is 0 Å². The lowest BCUT2D eigenvalue weighted by molar-refractivity contribution is -0.141. The molecule has 25 heavy (non-hydrogen) atoms. The highest BCUT2D eigenvalue weighted by Crippen LogP contribution is 2.27. The fourth-order valence-electron chi connectivity index (χ4n) is 2.86. The predicted octanol–water partition coefficient (Wildman–Crippen LogP) is 2.31. The minimum atomic E-state index is -0.969. The maximum absolute atomic E-state index is 12.2. The summed E-state index contributed by atoms with van der Waals surface area (Å²) in [7, 11) is 0. The van der Waals surface area contributed by atoms with Crippen molar-refractivity contribution in [2.45, 2.75) is 12.8 Å². The highest BCUT2D eigenvalue weighted by atomic mass is 16.4. The summed E-state index contributed by atoms with van der Waals surface area (Å²) in [5.41, 5.74) is 2.08. The maximum Gasteiger partial charge on any atom is 0.308 e. The van der Waals surface area contributed by atoms with Crippen LogP contribution in [0.1, 0.15) is 12.0 Å². The third kappa shape index (κ3) is 4.03. The maximum atomic E-state index is 12.2. The minimum Gasteiger partial charge on any atom is -0.481 e. The Balaban J connectivity index is 1.68. The van der Waals surface area contributed by atoms with Crippen LogP contribution in [0.15, 0.2) is 54.6 Å². The average Bonchev–Trinajstić information content (AvgIpc) is 2.98. The topological polar surface area (TPSA) is 86.7 Å². The van der Waals surface area contributed by atoms with Gasteiger partial charge in [0.25, 0.3) is 0 Å². The molecule has 0 unspecified atom stereocenters. The molecule has 0 aromatic heterocycles. The fraction of sp³-hybridized carbons (Fsp3) is 0.211. The number of hydrogen-bond acceptors (Lipinski definition) is 3. The van der Waals surface area contributed by atoms with Crippen LogP contribution in [0.3, 0.4) is 0 Å². The first-order valence-corrected chi connectivity index (χ1v) is 8.00. The van der Waals surface area contributed by atoms with Crippen LogP contribution in [0.2, 0.25) is 0 Å². The van der Waals surface area contributed by atoms with Crippen molar-refractivity contribution in [2.75, 3.05) is 16.8 Å². The molecule has 0 saturated carbocycles. The van der Waals surface area contributed by atoms with Crippen LogP contribution in [-0.4, -0.2) is 29.4 Å². The summed E-state index contributed by atoms with van der Waals surface area (Å²) in [5, 5.41) is 11.9. The van der Waals surface area contributed by atoms with E-state index in [4.69, 9.17) is 5.11 Å². The molecule has 1 aliphatic rings. The molecule has 1 saturated heterocycles. The van der Waals surface area contributed by atoms with Crippen molar-refractivity contribution in [1.82, 2.24) is 0 Å². The number of anilines is 2. The molecule has 1 aliphatic heterocycles. The monoisotopic (exact) mass is 338 g/mol. The molecule has 1 atom stereocenters. The van der Waals surface area contributed by atoms with E-state index in [1.807, 2.05) is 30.3 Å². The average molecular weight is 338 g/mol. The smallest absolute Gasteiger partial charge is 0.308 e. The first-order valence-electron chi connectivity index (χ1n) is 8.00. The molecule has 0 spiro atoms. The molecule has 2 N–H and O–H groups in total. The Morgan fingerprint density at radius 1 is 1.12 bits per heavy atom. The number of aliphatic carboxylic acids is 1. The summed E-state index contributed by atoms with van der Waals surface area (Å²) < 4.78 is 0. The number of carboxylic acids is 1. The van der Waals surface area contributed by atoms with Gasteiger partial charge in [-0.2, -0.15) is 0 Å². The van der Waals surface area contributed by atoms with Crippen LogP contribution in [0.4, 0.5) is 11.4 Å². The predicted molar refractivity (Wildman–Crippen MR) is 93.3 cm³/mol. The van der Waals surface area contributed by atoms with Gasteiger partial charge in [-0.3, -0.25) is 14.4 Å². The lowest BCUT2D eigenvalue weighted by atomic mass is 10.1. The quantitative estimate of drug-likeness (QED) is 0.876. The first-order chi connectivity index (χ1) is 12.0. The van der Waals surface area contributed by atoms with Crippen molar-refractivity contribution >= 4 is 29.2 Å². The van der Waals surface area contributed by atoms with Crippen LogP contribution >= 0.6 is 0 Å². The molecule has 2 amide bonds. The normalized spacial score (nSPS) is 16.7. The Morgan fingerprint density at radius 3 is 2.56 bits per heavy atom. The number of benzene rings is 2. The largest absolute Gasteiger partial charge is 0.481 e. The van der Waals surface area contributed by atoms with Gasteiger partial charge in [0.1, 0.15) is 0 Å². The number of hydrogen-bond donors (Lipinski definition) is 2.